The number of nitrogens with one attached hydrogen (secondary N) is 2. The highest BCUT2D eigenvalue weighted by atomic mass is 32.2. The highest BCUT2D eigenvalue weighted by Gasteiger charge is 2.07. The third-order valence-electron chi connectivity index (χ3n) is 2.61. The lowest BCUT2D eigenvalue weighted by Gasteiger charge is -2.16. The molecule has 0 amide bonds. The van der Waals surface area contributed by atoms with Gasteiger partial charge in [0.1, 0.15) is 11.6 Å². The van der Waals surface area contributed by atoms with Crippen molar-refractivity contribution in [2.75, 3.05) is 17.0 Å². The Labute approximate surface area is 113 Å². The summed E-state index contributed by atoms with van der Waals surface area (Å²) in [5.41, 5.74) is 2.56. The fourth-order valence-electron chi connectivity index (χ4n) is 1.57. The summed E-state index contributed by atoms with van der Waals surface area (Å²) >= 11 is 1.50. The van der Waals surface area contributed by atoms with Crippen molar-refractivity contribution in [3.05, 3.63) is 6.07 Å². The van der Waals surface area contributed by atoms with Gasteiger partial charge in [-0.3, -0.25) is 0 Å². The van der Waals surface area contributed by atoms with Crippen LogP contribution >= 0.6 is 11.8 Å². The quantitative estimate of drug-likeness (QED) is 0.306. The molecule has 1 aromatic rings. The van der Waals surface area contributed by atoms with Crippen molar-refractivity contribution in [3.8, 4) is 0 Å². The molecule has 1 rings (SSSR count). The van der Waals surface area contributed by atoms with E-state index >= 15 is 0 Å². The largest absolute Gasteiger partial charge is 0.367 e. The summed E-state index contributed by atoms with van der Waals surface area (Å²) in [6.45, 7) is 6.64. The minimum atomic E-state index is 0.391. The van der Waals surface area contributed by atoms with E-state index in [0.717, 1.165) is 18.2 Å². The zero-order valence-electron chi connectivity index (χ0n) is 11.5. The normalized spacial score (nSPS) is 12.6. The molecule has 0 bridgehead atoms. The smallest absolute Gasteiger partial charge is 0.191 e. The van der Waals surface area contributed by atoms with Gasteiger partial charge < -0.3 is 10.7 Å². The minimum absolute atomic E-state index is 0.391. The number of hydrogen-bond donors (Lipinski definition) is 3. The monoisotopic (exact) mass is 269 g/mol. The Bertz CT molecular complexity index is 347. The zero-order chi connectivity index (χ0) is 13.5. The Morgan fingerprint density at radius 3 is 2.44 bits per heavy atom. The number of nitrogens with zero attached hydrogens (tertiary/aromatic N) is 2. The maximum absolute atomic E-state index is 5.39. The van der Waals surface area contributed by atoms with Gasteiger partial charge in [0.05, 0.1) is 0 Å². The van der Waals surface area contributed by atoms with Gasteiger partial charge in [-0.05, 0) is 31.9 Å². The lowest BCUT2D eigenvalue weighted by atomic mass is 10.0. The van der Waals surface area contributed by atoms with Crippen LogP contribution in [0.4, 0.5) is 11.6 Å². The number of nitrogens with two attached hydrogens (primary N) is 1. The second-order valence-electron chi connectivity index (χ2n) is 4.79. The maximum Gasteiger partial charge on any atom is 0.191 e. The van der Waals surface area contributed by atoms with E-state index < -0.39 is 0 Å². The van der Waals surface area contributed by atoms with E-state index in [1.165, 1.54) is 18.2 Å². The van der Waals surface area contributed by atoms with Crippen molar-refractivity contribution in [2.45, 2.75) is 44.8 Å². The average molecular weight is 269 g/mol. The van der Waals surface area contributed by atoms with Gasteiger partial charge in [0.2, 0.25) is 0 Å². The molecular weight excluding hydrogens is 246 g/mol. The van der Waals surface area contributed by atoms with Crippen molar-refractivity contribution in [2.24, 2.45) is 11.8 Å². The first-order valence-electron chi connectivity index (χ1n) is 6.21. The highest BCUT2D eigenvalue weighted by Crippen LogP contribution is 2.18. The Morgan fingerprint density at radius 2 is 1.89 bits per heavy atom. The van der Waals surface area contributed by atoms with Crippen LogP contribution in [0.1, 0.15) is 33.6 Å². The molecule has 0 aliphatic carbocycles. The molecule has 0 aliphatic rings. The summed E-state index contributed by atoms with van der Waals surface area (Å²) in [7, 11) is 0. The van der Waals surface area contributed by atoms with Crippen LogP contribution in [0.15, 0.2) is 11.2 Å². The van der Waals surface area contributed by atoms with Gasteiger partial charge >= 0.3 is 0 Å². The fraction of sp³-hybridized carbons (Fsp3) is 0.667. The number of nitrogen functional groups attached to an aromatic ring is 1. The third-order valence-corrected chi connectivity index (χ3v) is 3.16. The molecule has 1 aromatic heterocycles. The molecule has 0 fully saturated rings. The van der Waals surface area contributed by atoms with E-state index in [-0.39, 0.29) is 0 Å². The van der Waals surface area contributed by atoms with Crippen molar-refractivity contribution < 1.29 is 0 Å². The summed E-state index contributed by atoms with van der Waals surface area (Å²) in [4.78, 5) is 8.64. The van der Waals surface area contributed by atoms with E-state index in [4.69, 9.17) is 5.84 Å². The van der Waals surface area contributed by atoms with Crippen molar-refractivity contribution in [1.29, 1.82) is 0 Å². The number of rotatable bonds is 7. The summed E-state index contributed by atoms with van der Waals surface area (Å²) in [5, 5.41) is 4.10. The van der Waals surface area contributed by atoms with Gasteiger partial charge in [-0.2, -0.15) is 0 Å². The van der Waals surface area contributed by atoms with Gasteiger partial charge in [0.25, 0.3) is 0 Å². The summed E-state index contributed by atoms with van der Waals surface area (Å²) < 4.78 is 0. The number of hydrogen-bond acceptors (Lipinski definition) is 6. The van der Waals surface area contributed by atoms with Gasteiger partial charge in [0.15, 0.2) is 5.16 Å². The van der Waals surface area contributed by atoms with Crippen molar-refractivity contribution in [3.63, 3.8) is 0 Å². The van der Waals surface area contributed by atoms with Gasteiger partial charge in [0, 0.05) is 12.1 Å². The van der Waals surface area contributed by atoms with E-state index in [9.17, 15) is 0 Å². The second-order valence-corrected chi connectivity index (χ2v) is 5.56. The molecule has 0 aliphatic heterocycles. The van der Waals surface area contributed by atoms with Crippen LogP contribution in [0.5, 0.6) is 0 Å². The van der Waals surface area contributed by atoms with Crippen LogP contribution in [-0.2, 0) is 0 Å². The van der Waals surface area contributed by atoms with E-state index in [1.54, 1.807) is 0 Å². The Balaban J connectivity index is 2.65. The average Bonchev–Trinajstić information content (AvgIpc) is 2.35. The van der Waals surface area contributed by atoms with Crippen LogP contribution in [0, 0.1) is 5.92 Å². The first-order valence-corrected chi connectivity index (χ1v) is 7.43. The first-order chi connectivity index (χ1) is 8.55. The predicted octanol–water partition coefficient (Wildman–Crippen LogP) is 2.72. The van der Waals surface area contributed by atoms with E-state index in [2.05, 4.69) is 41.5 Å². The molecule has 0 saturated carbocycles. The fourth-order valence-corrected chi connectivity index (χ4v) is 1.95. The number of thioether (sulfide) groups is 1. The summed E-state index contributed by atoms with van der Waals surface area (Å²) in [6.07, 6.45) is 4.28. The second kappa shape index (κ2) is 7.43. The molecule has 0 aromatic carbocycles. The van der Waals surface area contributed by atoms with Crippen LogP contribution < -0.4 is 16.6 Å². The van der Waals surface area contributed by atoms with Crippen molar-refractivity contribution in [1.82, 2.24) is 9.97 Å². The SMILES string of the molecule is CSc1nc(NN)cc(NC(C)CCC(C)C)n1. The lowest BCUT2D eigenvalue weighted by Crippen LogP contribution is -2.18. The van der Waals surface area contributed by atoms with Crippen LogP contribution in [0.25, 0.3) is 0 Å². The van der Waals surface area contributed by atoms with Crippen molar-refractivity contribution >= 4 is 23.4 Å². The number of anilines is 2. The standard InChI is InChI=1S/C12H23N5S/c1-8(2)5-6-9(3)14-10-7-11(17-13)16-12(15-10)18-4/h7-9H,5-6,13H2,1-4H3,(H2,14,15,16,17). The molecule has 1 atom stereocenters. The molecule has 0 radical (unpaired) electrons. The number of aromatic nitrogens is 2. The minimum Gasteiger partial charge on any atom is -0.367 e. The molecule has 6 heteroatoms. The zero-order valence-corrected chi connectivity index (χ0v) is 12.3. The van der Waals surface area contributed by atoms with Crippen LogP contribution in [0.3, 0.4) is 0 Å². The molecule has 0 spiro atoms. The summed E-state index contributed by atoms with van der Waals surface area (Å²) in [5.74, 6) is 7.57. The van der Waals surface area contributed by atoms with E-state index in [1.807, 2.05) is 12.3 Å². The Morgan fingerprint density at radius 1 is 1.22 bits per heavy atom. The molecule has 18 heavy (non-hydrogen) atoms. The number of hydrazine groups is 1. The topological polar surface area (TPSA) is 75.9 Å². The molecule has 0 saturated heterocycles. The van der Waals surface area contributed by atoms with Gasteiger partial charge in [-0.15, -0.1) is 0 Å². The van der Waals surface area contributed by atoms with E-state index in [0.29, 0.717) is 17.0 Å². The Hall–Kier alpha value is -1.01. The lowest BCUT2D eigenvalue weighted by molar-refractivity contribution is 0.527. The molecule has 5 nitrogen and oxygen atoms in total. The highest BCUT2D eigenvalue weighted by molar-refractivity contribution is 7.98. The van der Waals surface area contributed by atoms with Gasteiger partial charge in [-0.1, -0.05) is 25.6 Å². The third kappa shape index (κ3) is 5.10. The molecule has 4 N–H and O–H groups in total. The predicted molar refractivity (Wildman–Crippen MR) is 78.8 cm³/mol. The first kappa shape index (κ1) is 15.0. The maximum atomic E-state index is 5.39. The molecule has 1 heterocycles. The van der Waals surface area contributed by atoms with Gasteiger partial charge in [-0.25, -0.2) is 15.8 Å². The molecule has 102 valence electrons. The molecule has 1 unspecified atom stereocenters. The van der Waals surface area contributed by atoms with Crippen LogP contribution in [-0.4, -0.2) is 22.3 Å². The Kier molecular flexibility index (Phi) is 6.21. The summed E-state index contributed by atoms with van der Waals surface area (Å²) in [6, 6.07) is 2.22. The molecular formula is C12H23N5S. The van der Waals surface area contributed by atoms with Crippen LogP contribution in [0.2, 0.25) is 0 Å².